The van der Waals surface area contributed by atoms with E-state index in [9.17, 15) is 13.2 Å². The summed E-state index contributed by atoms with van der Waals surface area (Å²) in [6.07, 6.45) is 6.29. The fraction of sp³-hybridized carbons (Fsp3) is 0.692. The third-order valence-corrected chi connectivity index (χ3v) is 5.31. The van der Waals surface area contributed by atoms with Crippen LogP contribution in [0.3, 0.4) is 0 Å². The van der Waals surface area contributed by atoms with Gasteiger partial charge in [-0.25, -0.2) is 22.9 Å². The maximum absolute atomic E-state index is 12.1. The van der Waals surface area contributed by atoms with Gasteiger partial charge < -0.3 is 10.6 Å². The van der Waals surface area contributed by atoms with Crippen LogP contribution in [0, 0.1) is 0 Å². The van der Waals surface area contributed by atoms with Crippen molar-refractivity contribution in [3.8, 4) is 0 Å². The zero-order chi connectivity index (χ0) is 16.2. The second-order valence-corrected chi connectivity index (χ2v) is 8.30. The highest BCUT2D eigenvalue weighted by molar-refractivity contribution is 7.88. The van der Waals surface area contributed by atoms with Crippen LogP contribution >= 0.6 is 11.3 Å². The molecule has 9 heteroatoms. The number of thiazole rings is 1. The summed E-state index contributed by atoms with van der Waals surface area (Å²) < 4.78 is 25.4. The molecule has 1 saturated carbocycles. The topological polar surface area (TPSA) is 100 Å². The lowest BCUT2D eigenvalue weighted by atomic mass is 9.91. The third kappa shape index (κ3) is 5.22. The Morgan fingerprint density at radius 2 is 2.05 bits per heavy atom. The molecule has 124 valence electrons. The van der Waals surface area contributed by atoms with Crippen LogP contribution in [0.1, 0.15) is 43.7 Å². The molecule has 3 atom stereocenters. The van der Waals surface area contributed by atoms with Gasteiger partial charge in [-0.15, -0.1) is 11.3 Å². The summed E-state index contributed by atoms with van der Waals surface area (Å²) in [6.45, 7) is 1.87. The zero-order valence-electron chi connectivity index (χ0n) is 12.7. The molecule has 1 aliphatic rings. The summed E-state index contributed by atoms with van der Waals surface area (Å²) in [5.41, 5.74) is 0. The fourth-order valence-corrected chi connectivity index (χ4v) is 4.11. The standard InChI is InChI=1S/C13H22N4O3S2/c1-9(12-14-7-8-21-12)15-13(18)16-10-5-3-4-6-11(10)17-22(2,19)20/h7-11,17H,3-6H2,1-2H3,(H2,15,16,18). The molecule has 0 aliphatic heterocycles. The van der Waals surface area contributed by atoms with Crippen LogP contribution in [-0.2, 0) is 10.0 Å². The number of nitrogens with one attached hydrogen (secondary N) is 3. The van der Waals surface area contributed by atoms with Gasteiger partial charge >= 0.3 is 6.03 Å². The lowest BCUT2D eigenvalue weighted by Crippen LogP contribution is -2.55. The number of sulfonamides is 1. The van der Waals surface area contributed by atoms with E-state index in [1.165, 1.54) is 11.3 Å². The number of aromatic nitrogens is 1. The number of hydrogen-bond donors (Lipinski definition) is 3. The smallest absolute Gasteiger partial charge is 0.315 e. The molecule has 1 aliphatic carbocycles. The first-order chi connectivity index (χ1) is 10.3. The second kappa shape index (κ2) is 7.38. The van der Waals surface area contributed by atoms with Crippen molar-refractivity contribution in [2.45, 2.75) is 50.7 Å². The number of amides is 2. The minimum absolute atomic E-state index is 0.176. The summed E-state index contributed by atoms with van der Waals surface area (Å²) in [5.74, 6) is 0. The van der Waals surface area contributed by atoms with Gasteiger partial charge in [0.2, 0.25) is 10.0 Å². The number of carbonyl (C=O) groups excluding carboxylic acids is 1. The van der Waals surface area contributed by atoms with Crippen molar-refractivity contribution in [1.29, 1.82) is 0 Å². The Hall–Kier alpha value is -1.19. The SMILES string of the molecule is CC(NC(=O)NC1CCCCC1NS(C)(=O)=O)c1nccs1. The minimum atomic E-state index is -3.28. The van der Waals surface area contributed by atoms with Gasteiger partial charge in [0, 0.05) is 23.7 Å². The van der Waals surface area contributed by atoms with Gasteiger partial charge in [-0.3, -0.25) is 0 Å². The Labute approximate surface area is 135 Å². The van der Waals surface area contributed by atoms with Crippen LogP contribution in [0.2, 0.25) is 0 Å². The van der Waals surface area contributed by atoms with E-state index in [0.29, 0.717) is 0 Å². The normalized spacial score (nSPS) is 23.7. The number of urea groups is 1. The Bertz CT molecular complexity index is 588. The first-order valence-corrected chi connectivity index (χ1v) is 10.1. The van der Waals surface area contributed by atoms with Crippen molar-refractivity contribution in [3.05, 3.63) is 16.6 Å². The lowest BCUT2D eigenvalue weighted by molar-refractivity contribution is 0.224. The molecular weight excluding hydrogens is 324 g/mol. The van der Waals surface area contributed by atoms with Crippen molar-refractivity contribution in [2.75, 3.05) is 6.26 Å². The molecule has 2 rings (SSSR count). The Morgan fingerprint density at radius 3 is 2.64 bits per heavy atom. The molecule has 0 radical (unpaired) electrons. The van der Waals surface area contributed by atoms with Crippen LogP contribution < -0.4 is 15.4 Å². The van der Waals surface area contributed by atoms with E-state index >= 15 is 0 Å². The molecule has 1 aromatic rings. The fourth-order valence-electron chi connectivity index (χ4n) is 2.64. The number of nitrogens with zero attached hydrogens (tertiary/aromatic N) is 1. The quantitative estimate of drug-likeness (QED) is 0.749. The van der Waals surface area contributed by atoms with Crippen molar-refractivity contribution in [3.63, 3.8) is 0 Å². The zero-order valence-corrected chi connectivity index (χ0v) is 14.3. The van der Waals surface area contributed by atoms with E-state index in [-0.39, 0.29) is 24.2 Å². The molecule has 2 amide bonds. The predicted octanol–water partition coefficient (Wildman–Crippen LogP) is 1.36. The van der Waals surface area contributed by atoms with Crippen LogP contribution in [0.4, 0.5) is 4.79 Å². The third-order valence-electron chi connectivity index (χ3n) is 3.62. The van der Waals surface area contributed by atoms with Crippen molar-refractivity contribution >= 4 is 27.4 Å². The number of rotatable bonds is 5. The minimum Gasteiger partial charge on any atom is -0.334 e. The molecule has 1 aromatic heterocycles. The van der Waals surface area contributed by atoms with Crippen LogP contribution in [-0.4, -0.2) is 37.8 Å². The van der Waals surface area contributed by atoms with E-state index in [2.05, 4.69) is 20.3 Å². The molecule has 0 bridgehead atoms. The Balaban J connectivity index is 1.90. The predicted molar refractivity (Wildman–Crippen MR) is 86.2 cm³/mol. The summed E-state index contributed by atoms with van der Waals surface area (Å²) >= 11 is 1.48. The monoisotopic (exact) mass is 346 g/mol. The van der Waals surface area contributed by atoms with Gasteiger partial charge in [-0.05, 0) is 19.8 Å². The van der Waals surface area contributed by atoms with Crippen LogP contribution in [0.15, 0.2) is 11.6 Å². The molecule has 0 saturated heterocycles. The van der Waals surface area contributed by atoms with E-state index < -0.39 is 10.0 Å². The first-order valence-electron chi connectivity index (χ1n) is 7.29. The molecule has 0 aromatic carbocycles. The molecule has 22 heavy (non-hydrogen) atoms. The van der Waals surface area contributed by atoms with Gasteiger partial charge in [0.25, 0.3) is 0 Å². The van der Waals surface area contributed by atoms with E-state index in [0.717, 1.165) is 36.9 Å². The number of hydrogen-bond acceptors (Lipinski definition) is 5. The summed E-state index contributed by atoms with van der Waals surface area (Å²) in [5, 5.41) is 8.42. The largest absolute Gasteiger partial charge is 0.334 e. The highest BCUT2D eigenvalue weighted by Crippen LogP contribution is 2.20. The van der Waals surface area contributed by atoms with E-state index in [1.54, 1.807) is 6.20 Å². The maximum Gasteiger partial charge on any atom is 0.315 e. The lowest BCUT2D eigenvalue weighted by Gasteiger charge is -2.32. The Kier molecular flexibility index (Phi) is 5.76. The van der Waals surface area contributed by atoms with Gasteiger partial charge in [-0.1, -0.05) is 12.8 Å². The molecule has 1 fully saturated rings. The number of carbonyl (C=O) groups is 1. The highest BCUT2D eigenvalue weighted by atomic mass is 32.2. The molecule has 0 spiro atoms. The van der Waals surface area contributed by atoms with Gasteiger partial charge in [0.1, 0.15) is 5.01 Å². The Morgan fingerprint density at radius 1 is 1.36 bits per heavy atom. The van der Waals surface area contributed by atoms with Gasteiger partial charge in [0.05, 0.1) is 12.3 Å². The molecule has 1 heterocycles. The molecular formula is C13H22N4O3S2. The van der Waals surface area contributed by atoms with Gasteiger partial charge in [-0.2, -0.15) is 0 Å². The summed E-state index contributed by atoms with van der Waals surface area (Å²) in [4.78, 5) is 16.3. The average molecular weight is 346 g/mol. The summed E-state index contributed by atoms with van der Waals surface area (Å²) in [6, 6.07) is -0.906. The first kappa shape index (κ1) is 17.2. The molecule has 3 unspecified atom stereocenters. The van der Waals surface area contributed by atoms with E-state index in [4.69, 9.17) is 0 Å². The van der Waals surface area contributed by atoms with Gasteiger partial charge in [0.15, 0.2) is 0 Å². The molecule has 7 nitrogen and oxygen atoms in total. The van der Waals surface area contributed by atoms with Crippen molar-refractivity contribution in [1.82, 2.24) is 20.3 Å². The van der Waals surface area contributed by atoms with E-state index in [1.807, 2.05) is 12.3 Å². The van der Waals surface area contributed by atoms with Crippen molar-refractivity contribution in [2.24, 2.45) is 0 Å². The maximum atomic E-state index is 12.1. The average Bonchev–Trinajstić information content (AvgIpc) is 2.93. The van der Waals surface area contributed by atoms with Crippen molar-refractivity contribution < 1.29 is 13.2 Å². The highest BCUT2D eigenvalue weighted by Gasteiger charge is 2.29. The van der Waals surface area contributed by atoms with Crippen LogP contribution in [0.25, 0.3) is 0 Å². The second-order valence-electron chi connectivity index (χ2n) is 5.60. The van der Waals surface area contributed by atoms with Crippen LogP contribution in [0.5, 0.6) is 0 Å². The summed E-state index contributed by atoms with van der Waals surface area (Å²) in [7, 11) is -3.28. The molecule has 3 N–H and O–H groups in total.